The fourth-order valence-electron chi connectivity index (χ4n) is 4.49. The number of pyridine rings is 1. The Labute approximate surface area is 228 Å². The van der Waals surface area contributed by atoms with Gasteiger partial charge in [-0.2, -0.15) is 13.2 Å². The standard InChI is InChI=1S/C27H27F4IN2O2S2/c1-15-9-10-37-26(15)20-7-5-18-11-16(2)22(28)12-21(18)25(33)24(20)23-8-6-19(14-34-23)38(35,36)32(4)13-17(3)27(29,30)31/h4,6,8-12,14,17,20H,5,7,13,33H2,1-3H3/t17-,20?/m1/s1. The Hall–Kier alpha value is -2.21. The molecule has 204 valence electrons. The van der Waals surface area contributed by atoms with Gasteiger partial charge in [0.05, 0.1) is 16.5 Å². The lowest BCUT2D eigenvalue weighted by Crippen LogP contribution is -2.22. The Balaban J connectivity index is 1.79. The second-order valence-electron chi connectivity index (χ2n) is 9.41. The Morgan fingerprint density at radius 2 is 1.92 bits per heavy atom. The molecule has 38 heavy (non-hydrogen) atoms. The minimum Gasteiger partial charge on any atom is -0.398 e. The van der Waals surface area contributed by atoms with Crippen LogP contribution in [0.25, 0.3) is 11.3 Å². The molecule has 1 aliphatic rings. The molecule has 11 heteroatoms. The highest BCUT2D eigenvalue weighted by atomic mass is 127. The molecule has 0 radical (unpaired) electrons. The number of benzene rings is 1. The van der Waals surface area contributed by atoms with E-state index in [-0.39, 0.29) is 16.6 Å². The van der Waals surface area contributed by atoms with Gasteiger partial charge in [0.15, 0.2) is 0 Å². The van der Waals surface area contributed by atoms with Crippen LogP contribution in [0.4, 0.5) is 17.6 Å². The van der Waals surface area contributed by atoms with Crippen molar-refractivity contribution >= 4 is 47.4 Å². The van der Waals surface area contributed by atoms with E-state index in [0.717, 1.165) is 29.1 Å². The molecule has 4 rings (SSSR count). The van der Waals surface area contributed by atoms with Gasteiger partial charge in [0.2, 0.25) is 7.01 Å². The summed E-state index contributed by atoms with van der Waals surface area (Å²) in [6.45, 7) is 4.64. The van der Waals surface area contributed by atoms with Gasteiger partial charge < -0.3 is 5.73 Å². The third-order valence-electron chi connectivity index (χ3n) is 6.73. The van der Waals surface area contributed by atoms with Crippen molar-refractivity contribution in [1.29, 1.82) is 0 Å². The van der Waals surface area contributed by atoms with Gasteiger partial charge in [-0.15, -0.1) is 15.6 Å². The molecule has 1 unspecified atom stereocenters. The van der Waals surface area contributed by atoms with Crippen LogP contribution in [0.5, 0.6) is 0 Å². The lowest BCUT2D eigenvalue weighted by molar-refractivity contribution is -0.162. The second-order valence-corrected chi connectivity index (χ2v) is 20.7. The van der Waals surface area contributed by atoms with E-state index in [1.807, 2.05) is 18.4 Å². The molecule has 1 aliphatic carbocycles. The van der Waals surface area contributed by atoms with Gasteiger partial charge in [0, 0.05) is 38.3 Å². The van der Waals surface area contributed by atoms with E-state index < -0.39 is 41.3 Å². The maximum atomic E-state index is 14.6. The quantitative estimate of drug-likeness (QED) is 0.135. The molecule has 2 aromatic heterocycles. The fourth-order valence-corrected chi connectivity index (χ4v) is 13.6. The highest BCUT2D eigenvalue weighted by Gasteiger charge is 2.38. The molecule has 3 aromatic rings. The van der Waals surface area contributed by atoms with Gasteiger partial charge in [-0.1, -0.05) is 13.0 Å². The molecule has 1 aromatic carbocycles. The molecule has 0 saturated heterocycles. The fraction of sp³-hybridized carbons (Fsp3) is 0.333. The third kappa shape index (κ3) is 5.57. The number of thiophene rings is 1. The van der Waals surface area contributed by atoms with Gasteiger partial charge in [-0.25, -0.2) is 12.8 Å². The number of allylic oxidation sites excluding steroid dienone is 1. The van der Waals surface area contributed by atoms with E-state index in [2.05, 4.69) is 4.98 Å². The molecule has 0 amide bonds. The monoisotopic (exact) mass is 678 g/mol. The van der Waals surface area contributed by atoms with Crippen molar-refractivity contribution < 1.29 is 26.0 Å². The van der Waals surface area contributed by atoms with E-state index in [0.29, 0.717) is 40.9 Å². The highest BCUT2D eigenvalue weighted by Crippen LogP contribution is 2.46. The van der Waals surface area contributed by atoms with Gasteiger partial charge in [-0.3, -0.25) is 4.98 Å². The summed E-state index contributed by atoms with van der Waals surface area (Å²) in [6.07, 6.45) is -2.03. The topological polar surface area (TPSA) is 73.0 Å². The van der Waals surface area contributed by atoms with E-state index in [9.17, 15) is 26.0 Å². The highest BCUT2D eigenvalue weighted by molar-refractivity contribution is 14.3. The summed E-state index contributed by atoms with van der Waals surface area (Å²) in [4.78, 5) is 5.29. The molecule has 0 bridgehead atoms. The van der Waals surface area contributed by atoms with E-state index in [1.54, 1.807) is 24.3 Å². The van der Waals surface area contributed by atoms with Gasteiger partial charge in [0.25, 0.3) is 0 Å². The first-order valence-corrected chi connectivity index (χ1v) is 19.4. The number of alkyl halides is 4. The van der Waals surface area contributed by atoms with Crippen molar-refractivity contribution in [1.82, 2.24) is 4.98 Å². The number of nitrogens with zero attached hydrogens (tertiary/aromatic N) is 1. The Kier molecular flexibility index (Phi) is 8.14. The van der Waals surface area contributed by atoms with Gasteiger partial charge in [0.1, 0.15) is 5.82 Å². The molecule has 4 nitrogen and oxygen atoms in total. The number of aryl methyl sites for hydroxylation is 3. The summed E-state index contributed by atoms with van der Waals surface area (Å²) in [7, 11) is -4.11. The Bertz CT molecular complexity index is 1580. The molecular weight excluding hydrogens is 651 g/mol. The molecular formula is C27H27F4IN2O2S2. The minimum absolute atomic E-state index is 0.161. The third-order valence-corrected chi connectivity index (χ3v) is 18.2. The number of nitrogens with two attached hydrogens (primary N) is 1. The summed E-state index contributed by atoms with van der Waals surface area (Å²) in [6, 6.07) is 8.07. The predicted molar refractivity (Wildman–Crippen MR) is 153 cm³/mol. The van der Waals surface area contributed by atoms with Crippen molar-refractivity contribution in [2.24, 2.45) is 11.7 Å². The lowest BCUT2D eigenvalue weighted by Gasteiger charge is -2.21. The van der Waals surface area contributed by atoms with Crippen LogP contribution in [0.15, 0.2) is 46.8 Å². The van der Waals surface area contributed by atoms with Crippen molar-refractivity contribution in [2.45, 2.75) is 50.6 Å². The van der Waals surface area contributed by atoms with Crippen molar-refractivity contribution in [3.63, 3.8) is 0 Å². The maximum Gasteiger partial charge on any atom is 0.392 e. The van der Waals surface area contributed by atoms with Crippen LogP contribution >= 0.6 is 29.1 Å². The van der Waals surface area contributed by atoms with Crippen LogP contribution < -0.4 is 5.73 Å². The molecule has 2 heterocycles. The SMILES string of the molecule is C#I(C[C@@H](C)C(F)(F)F)S(=O)(=O)c1ccc(C2=C(N)c3cc(F)c(C)cc3CCC2c2sccc2C)nc1. The van der Waals surface area contributed by atoms with Crippen LogP contribution in [0.1, 0.15) is 52.1 Å². The molecule has 0 saturated carbocycles. The van der Waals surface area contributed by atoms with Crippen molar-refractivity contribution in [3.8, 4) is 4.31 Å². The number of rotatable bonds is 4. The molecule has 2 N–H and O–H groups in total. The van der Waals surface area contributed by atoms with Crippen molar-refractivity contribution in [3.05, 3.63) is 80.6 Å². The van der Waals surface area contributed by atoms with E-state index in [1.165, 1.54) is 18.2 Å². The van der Waals surface area contributed by atoms with E-state index >= 15 is 0 Å². The average Bonchev–Trinajstić information content (AvgIpc) is 3.22. The zero-order chi connectivity index (χ0) is 28.0. The minimum atomic E-state index is -4.51. The number of halogens is 5. The first-order chi connectivity index (χ1) is 17.7. The van der Waals surface area contributed by atoms with Crippen molar-refractivity contribution in [2.75, 3.05) is 4.43 Å². The van der Waals surface area contributed by atoms with Gasteiger partial charge >= 0.3 is 6.18 Å². The zero-order valence-electron chi connectivity index (χ0n) is 20.9. The lowest BCUT2D eigenvalue weighted by atomic mass is 9.88. The Morgan fingerprint density at radius 1 is 1.21 bits per heavy atom. The van der Waals surface area contributed by atoms with Crippen LogP contribution in [-0.2, 0) is 13.4 Å². The Morgan fingerprint density at radius 3 is 2.50 bits per heavy atom. The first kappa shape index (κ1) is 28.8. The smallest absolute Gasteiger partial charge is 0.392 e. The van der Waals surface area contributed by atoms with Crippen LogP contribution in [0.2, 0.25) is 0 Å². The summed E-state index contributed by atoms with van der Waals surface area (Å²) in [5.41, 5.74) is 11.3. The number of fused-ring (bicyclic) bond motifs is 1. The second kappa shape index (κ2) is 10.7. The summed E-state index contributed by atoms with van der Waals surface area (Å²) < 4.78 is 84.8. The summed E-state index contributed by atoms with van der Waals surface area (Å²) in [5, 5.41) is 1.98. The summed E-state index contributed by atoms with van der Waals surface area (Å²) >= 11 is -1.97. The van der Waals surface area contributed by atoms with Gasteiger partial charge in [-0.05, 0) is 90.8 Å². The predicted octanol–water partition coefficient (Wildman–Crippen LogP) is 7.44. The first-order valence-electron chi connectivity index (χ1n) is 11.7. The van der Waals surface area contributed by atoms with Crippen LogP contribution in [-0.4, -0.2) is 24.0 Å². The molecule has 0 spiro atoms. The number of hydrogen-bond acceptors (Lipinski definition) is 5. The maximum absolute atomic E-state index is 14.6. The summed E-state index contributed by atoms with van der Waals surface area (Å²) in [5.74, 6) is -2.35. The molecule has 0 aliphatic heterocycles. The van der Waals surface area contributed by atoms with E-state index in [4.69, 9.17) is 10.0 Å². The molecule has 2 atom stereocenters. The normalized spacial score (nSPS) is 17.4. The van der Waals surface area contributed by atoms with Crippen LogP contribution in [0, 0.1) is 29.9 Å². The van der Waals surface area contributed by atoms with Crippen LogP contribution in [0.3, 0.4) is 0 Å². The largest absolute Gasteiger partial charge is 0.398 e. The molecule has 0 fully saturated rings. The number of hydrogen-bond donors (Lipinski definition) is 1. The average molecular weight is 679 g/mol. The zero-order valence-corrected chi connectivity index (χ0v) is 24.7. The number of aromatic nitrogens is 1.